The highest BCUT2D eigenvalue weighted by Gasteiger charge is 2.42. The number of aryl methyl sites for hydroxylation is 1. The van der Waals surface area contributed by atoms with E-state index in [9.17, 15) is 5.11 Å². The minimum Gasteiger partial charge on any atom is -0.498 e. The lowest BCUT2D eigenvalue weighted by Gasteiger charge is -2.44. The number of ether oxygens (including phenoxy) is 3. The lowest BCUT2D eigenvalue weighted by molar-refractivity contribution is 0.0647. The first-order chi connectivity index (χ1) is 11.7. The van der Waals surface area contributed by atoms with E-state index in [2.05, 4.69) is 18.2 Å². The van der Waals surface area contributed by atoms with Gasteiger partial charge >= 0.3 is 0 Å². The summed E-state index contributed by atoms with van der Waals surface area (Å²) in [5.41, 5.74) is 4.19. The zero-order chi connectivity index (χ0) is 16.3. The number of aliphatic hydroxyl groups is 1. The Morgan fingerprint density at radius 1 is 1.12 bits per heavy atom. The molecule has 0 saturated heterocycles. The standard InChI is InChI=1S/C20H22O4/c1-22-17-5-4-12-6-14-11(7-16(12)20(17)21)2-3-13-8-18-19(9-15(13)14)24-10-23-18/h4-5,8-9,11,14,16,20-21H,2-3,6-7,10H2,1H3/t11-,14?,16?,20?/m0/s1. The van der Waals surface area contributed by atoms with Gasteiger partial charge in [-0.15, -0.1) is 0 Å². The van der Waals surface area contributed by atoms with Crippen LogP contribution >= 0.6 is 0 Å². The number of hydrogen-bond donors (Lipinski definition) is 1. The molecule has 0 bridgehead atoms. The second kappa shape index (κ2) is 5.28. The van der Waals surface area contributed by atoms with Gasteiger partial charge in [-0.05, 0) is 66.9 Å². The van der Waals surface area contributed by atoms with Crippen LogP contribution in [-0.4, -0.2) is 25.1 Å². The fourth-order valence-electron chi connectivity index (χ4n) is 5.00. The van der Waals surface area contributed by atoms with Crippen LogP contribution in [0.25, 0.3) is 0 Å². The van der Waals surface area contributed by atoms with Gasteiger partial charge in [-0.25, -0.2) is 0 Å². The van der Waals surface area contributed by atoms with Crippen molar-refractivity contribution in [2.24, 2.45) is 11.8 Å². The molecule has 1 fully saturated rings. The van der Waals surface area contributed by atoms with Crippen LogP contribution in [0.3, 0.4) is 0 Å². The van der Waals surface area contributed by atoms with Crippen molar-refractivity contribution in [2.45, 2.75) is 37.7 Å². The first-order valence-electron chi connectivity index (χ1n) is 8.79. The van der Waals surface area contributed by atoms with Gasteiger partial charge in [0, 0.05) is 5.92 Å². The van der Waals surface area contributed by atoms with Crippen molar-refractivity contribution in [2.75, 3.05) is 13.9 Å². The smallest absolute Gasteiger partial charge is 0.231 e. The Bertz CT molecular complexity index is 748. The highest BCUT2D eigenvalue weighted by molar-refractivity contribution is 5.51. The molecule has 1 saturated carbocycles. The summed E-state index contributed by atoms with van der Waals surface area (Å²) in [4.78, 5) is 0. The van der Waals surface area contributed by atoms with Crippen LogP contribution in [0.1, 0.15) is 36.3 Å². The summed E-state index contributed by atoms with van der Waals surface area (Å²) in [5.74, 6) is 3.82. The maximum Gasteiger partial charge on any atom is 0.231 e. The maximum atomic E-state index is 10.6. The van der Waals surface area contributed by atoms with Crippen LogP contribution in [0, 0.1) is 11.8 Å². The topological polar surface area (TPSA) is 47.9 Å². The van der Waals surface area contributed by atoms with Gasteiger partial charge in [0.05, 0.1) is 7.11 Å². The Labute approximate surface area is 141 Å². The third-order valence-electron chi connectivity index (χ3n) is 6.25. The van der Waals surface area contributed by atoms with Crippen molar-refractivity contribution < 1.29 is 19.3 Å². The summed E-state index contributed by atoms with van der Waals surface area (Å²) in [6, 6.07) is 4.37. The Kier molecular flexibility index (Phi) is 3.17. The molecule has 3 unspecified atom stereocenters. The van der Waals surface area contributed by atoms with Gasteiger partial charge in [-0.3, -0.25) is 0 Å². The number of hydrogen-bond acceptors (Lipinski definition) is 4. The molecule has 4 nitrogen and oxygen atoms in total. The van der Waals surface area contributed by atoms with Gasteiger partial charge < -0.3 is 19.3 Å². The van der Waals surface area contributed by atoms with E-state index in [1.54, 1.807) is 7.11 Å². The molecule has 1 heterocycles. The van der Waals surface area contributed by atoms with Gasteiger partial charge in [0.1, 0.15) is 11.9 Å². The lowest BCUT2D eigenvalue weighted by atomic mass is 9.61. The summed E-state index contributed by atoms with van der Waals surface area (Å²) in [5, 5.41) is 10.6. The lowest BCUT2D eigenvalue weighted by Crippen LogP contribution is -2.37. The maximum absolute atomic E-state index is 10.6. The molecule has 1 aromatic carbocycles. The molecule has 0 amide bonds. The Morgan fingerprint density at radius 3 is 2.79 bits per heavy atom. The Hall–Kier alpha value is -1.94. The fourth-order valence-corrected chi connectivity index (χ4v) is 5.00. The first-order valence-corrected chi connectivity index (χ1v) is 8.79. The Balaban J connectivity index is 1.51. The van der Waals surface area contributed by atoms with Crippen molar-refractivity contribution >= 4 is 0 Å². The van der Waals surface area contributed by atoms with Crippen molar-refractivity contribution in [1.29, 1.82) is 0 Å². The van der Waals surface area contributed by atoms with E-state index >= 15 is 0 Å². The van der Waals surface area contributed by atoms with Gasteiger partial charge in [-0.1, -0.05) is 11.6 Å². The minimum absolute atomic E-state index is 0.210. The monoisotopic (exact) mass is 326 g/mol. The number of allylic oxidation sites excluding steroid dienone is 2. The minimum atomic E-state index is -0.492. The van der Waals surface area contributed by atoms with E-state index in [0.717, 1.165) is 30.8 Å². The molecule has 4 heteroatoms. The molecule has 1 aliphatic heterocycles. The molecular weight excluding hydrogens is 304 g/mol. The number of rotatable bonds is 1. The second-order valence-electron chi connectivity index (χ2n) is 7.32. The van der Waals surface area contributed by atoms with Gasteiger partial charge in [-0.2, -0.15) is 0 Å². The second-order valence-corrected chi connectivity index (χ2v) is 7.32. The molecule has 4 atom stereocenters. The van der Waals surface area contributed by atoms with Crippen LogP contribution in [0.4, 0.5) is 0 Å². The Morgan fingerprint density at radius 2 is 1.96 bits per heavy atom. The molecule has 1 aromatic rings. The molecule has 0 aromatic heterocycles. The van der Waals surface area contributed by atoms with E-state index in [4.69, 9.17) is 14.2 Å². The van der Waals surface area contributed by atoms with E-state index in [1.807, 2.05) is 6.08 Å². The zero-order valence-electron chi connectivity index (χ0n) is 13.8. The summed E-state index contributed by atoms with van der Waals surface area (Å²) in [6.07, 6.45) is 7.92. The molecule has 4 aliphatic rings. The number of benzene rings is 1. The summed E-state index contributed by atoms with van der Waals surface area (Å²) in [6.45, 7) is 0.330. The van der Waals surface area contributed by atoms with Crippen LogP contribution in [0.5, 0.6) is 11.5 Å². The number of aliphatic hydroxyl groups excluding tert-OH is 1. The largest absolute Gasteiger partial charge is 0.498 e. The summed E-state index contributed by atoms with van der Waals surface area (Å²) >= 11 is 0. The van der Waals surface area contributed by atoms with Crippen LogP contribution in [0.2, 0.25) is 0 Å². The van der Waals surface area contributed by atoms with E-state index in [1.165, 1.54) is 23.1 Å². The average Bonchev–Trinajstić information content (AvgIpc) is 3.06. The zero-order valence-corrected chi connectivity index (χ0v) is 13.8. The van der Waals surface area contributed by atoms with Gasteiger partial charge in [0.2, 0.25) is 6.79 Å². The van der Waals surface area contributed by atoms with Crippen molar-refractivity contribution in [3.05, 3.63) is 46.7 Å². The molecule has 5 rings (SSSR count). The first kappa shape index (κ1) is 14.4. The van der Waals surface area contributed by atoms with Crippen molar-refractivity contribution in [1.82, 2.24) is 0 Å². The van der Waals surface area contributed by atoms with Crippen LogP contribution < -0.4 is 9.47 Å². The predicted molar refractivity (Wildman–Crippen MR) is 89.0 cm³/mol. The van der Waals surface area contributed by atoms with E-state index in [0.29, 0.717) is 24.4 Å². The third-order valence-corrected chi connectivity index (χ3v) is 6.25. The number of methoxy groups -OCH3 is 1. The van der Waals surface area contributed by atoms with Crippen molar-refractivity contribution in [3.63, 3.8) is 0 Å². The quantitative estimate of drug-likeness (QED) is 0.860. The van der Waals surface area contributed by atoms with E-state index in [-0.39, 0.29) is 5.92 Å². The van der Waals surface area contributed by atoms with Gasteiger partial charge in [0.25, 0.3) is 0 Å². The molecule has 1 N–H and O–H groups in total. The molecule has 3 aliphatic carbocycles. The van der Waals surface area contributed by atoms with Crippen molar-refractivity contribution in [3.8, 4) is 11.5 Å². The molecule has 24 heavy (non-hydrogen) atoms. The fraction of sp³-hybridized carbons (Fsp3) is 0.500. The molecule has 0 spiro atoms. The average molecular weight is 326 g/mol. The number of fused-ring (bicyclic) bond motifs is 5. The normalized spacial score (nSPS) is 32.9. The highest BCUT2D eigenvalue weighted by Crippen LogP contribution is 2.53. The van der Waals surface area contributed by atoms with Crippen LogP contribution in [0.15, 0.2) is 35.6 Å². The van der Waals surface area contributed by atoms with Gasteiger partial charge in [0.15, 0.2) is 11.5 Å². The predicted octanol–water partition coefficient (Wildman–Crippen LogP) is 3.30. The third kappa shape index (κ3) is 2.02. The highest BCUT2D eigenvalue weighted by atomic mass is 16.7. The molecular formula is C20H22O4. The van der Waals surface area contributed by atoms with Crippen LogP contribution in [-0.2, 0) is 11.2 Å². The molecule has 0 radical (unpaired) electrons. The SMILES string of the molecule is COC1=CC=C2CC3c4cc5c(cc4CC[C@H]3CC2C1O)OCO5. The summed E-state index contributed by atoms with van der Waals surface area (Å²) in [7, 11) is 1.64. The summed E-state index contributed by atoms with van der Waals surface area (Å²) < 4.78 is 16.5. The molecule has 126 valence electrons. The van der Waals surface area contributed by atoms with E-state index < -0.39 is 6.10 Å².